The summed E-state index contributed by atoms with van der Waals surface area (Å²) in [5.74, 6) is -3.13. The number of carboxylic acids is 1. The van der Waals surface area contributed by atoms with Crippen molar-refractivity contribution in [3.8, 4) is 5.75 Å². The van der Waals surface area contributed by atoms with Gasteiger partial charge in [0.25, 0.3) is 5.91 Å². The third-order valence-electron chi connectivity index (χ3n) is 3.29. The van der Waals surface area contributed by atoms with E-state index in [1.54, 1.807) is 13.8 Å². The van der Waals surface area contributed by atoms with Gasteiger partial charge in [0.05, 0.1) is 5.92 Å². The van der Waals surface area contributed by atoms with Crippen LogP contribution in [0.4, 0.5) is 4.39 Å². The SMILES string of the molecule is CC(CCCC(C)C(=O)O)NC(=O)c1c(O)cccc1F. The molecule has 1 amide bonds. The van der Waals surface area contributed by atoms with Gasteiger partial charge in [-0.2, -0.15) is 0 Å². The minimum Gasteiger partial charge on any atom is -0.507 e. The van der Waals surface area contributed by atoms with E-state index < -0.39 is 29.4 Å². The minimum absolute atomic E-state index is 0.238. The number of hydrogen-bond donors (Lipinski definition) is 3. The first-order chi connectivity index (χ1) is 9.82. The van der Waals surface area contributed by atoms with Gasteiger partial charge in [0, 0.05) is 6.04 Å². The van der Waals surface area contributed by atoms with Crippen LogP contribution in [0.25, 0.3) is 0 Å². The number of aliphatic carboxylic acids is 1. The van der Waals surface area contributed by atoms with Gasteiger partial charge in [-0.3, -0.25) is 9.59 Å². The van der Waals surface area contributed by atoms with E-state index in [2.05, 4.69) is 5.32 Å². The monoisotopic (exact) mass is 297 g/mol. The molecule has 0 aliphatic heterocycles. The average Bonchev–Trinajstić information content (AvgIpc) is 2.37. The summed E-state index contributed by atoms with van der Waals surface area (Å²) in [6, 6.07) is 3.43. The van der Waals surface area contributed by atoms with Crippen molar-refractivity contribution in [1.29, 1.82) is 0 Å². The Morgan fingerprint density at radius 2 is 1.95 bits per heavy atom. The molecule has 5 nitrogen and oxygen atoms in total. The Kier molecular flexibility index (Phi) is 6.14. The third-order valence-corrected chi connectivity index (χ3v) is 3.29. The summed E-state index contributed by atoms with van der Waals surface area (Å²) in [7, 11) is 0. The summed E-state index contributed by atoms with van der Waals surface area (Å²) in [6.45, 7) is 3.38. The number of aromatic hydroxyl groups is 1. The highest BCUT2D eigenvalue weighted by atomic mass is 19.1. The Bertz CT molecular complexity index is 498. The number of nitrogens with one attached hydrogen (secondary N) is 1. The number of amides is 1. The zero-order valence-electron chi connectivity index (χ0n) is 12.1. The average molecular weight is 297 g/mol. The molecule has 0 fully saturated rings. The van der Waals surface area contributed by atoms with E-state index in [1.807, 2.05) is 0 Å². The molecule has 21 heavy (non-hydrogen) atoms. The maximum absolute atomic E-state index is 13.5. The van der Waals surface area contributed by atoms with Crippen LogP contribution in [0.15, 0.2) is 18.2 Å². The lowest BCUT2D eigenvalue weighted by atomic mass is 10.0. The predicted octanol–water partition coefficient (Wildman–Crippen LogP) is 2.54. The fourth-order valence-electron chi connectivity index (χ4n) is 1.96. The van der Waals surface area contributed by atoms with Crippen molar-refractivity contribution in [2.45, 2.75) is 39.2 Å². The Morgan fingerprint density at radius 3 is 2.52 bits per heavy atom. The smallest absolute Gasteiger partial charge is 0.306 e. The molecule has 1 aromatic rings. The predicted molar refractivity (Wildman–Crippen MR) is 75.6 cm³/mol. The van der Waals surface area contributed by atoms with Gasteiger partial charge in [-0.25, -0.2) is 4.39 Å². The standard InChI is InChI=1S/C15H20FNO4/c1-9(15(20)21)5-3-6-10(2)17-14(19)13-11(16)7-4-8-12(13)18/h4,7-10,18H,3,5-6H2,1-2H3,(H,17,19)(H,20,21). The minimum atomic E-state index is -0.844. The van der Waals surface area contributed by atoms with Crippen LogP contribution in [0.1, 0.15) is 43.5 Å². The van der Waals surface area contributed by atoms with Crippen molar-refractivity contribution in [3.05, 3.63) is 29.6 Å². The Labute approximate surface area is 122 Å². The van der Waals surface area contributed by atoms with Gasteiger partial charge < -0.3 is 15.5 Å². The highest BCUT2D eigenvalue weighted by molar-refractivity contribution is 5.97. The number of rotatable bonds is 7. The zero-order valence-corrected chi connectivity index (χ0v) is 12.1. The topological polar surface area (TPSA) is 86.6 Å². The van der Waals surface area contributed by atoms with Crippen LogP contribution in [-0.2, 0) is 4.79 Å². The summed E-state index contributed by atoms with van der Waals surface area (Å²) in [5.41, 5.74) is -0.372. The third kappa shape index (κ3) is 5.06. The van der Waals surface area contributed by atoms with E-state index in [-0.39, 0.29) is 11.6 Å². The number of phenols is 1. The first-order valence-corrected chi connectivity index (χ1v) is 6.84. The lowest BCUT2D eigenvalue weighted by Gasteiger charge is -2.15. The molecule has 0 aliphatic rings. The first kappa shape index (κ1) is 16.9. The summed E-state index contributed by atoms with van der Waals surface area (Å²) < 4.78 is 13.5. The number of carbonyl (C=O) groups is 2. The van der Waals surface area contributed by atoms with E-state index in [4.69, 9.17) is 5.11 Å². The molecule has 0 radical (unpaired) electrons. The number of hydrogen-bond acceptors (Lipinski definition) is 3. The Balaban J connectivity index is 2.49. The summed E-state index contributed by atoms with van der Waals surface area (Å²) in [4.78, 5) is 22.6. The largest absolute Gasteiger partial charge is 0.507 e. The molecule has 2 unspecified atom stereocenters. The van der Waals surface area contributed by atoms with Gasteiger partial charge >= 0.3 is 5.97 Å². The highest BCUT2D eigenvalue weighted by Gasteiger charge is 2.18. The fraction of sp³-hybridized carbons (Fsp3) is 0.467. The van der Waals surface area contributed by atoms with E-state index in [0.29, 0.717) is 19.3 Å². The number of phenolic OH excluding ortho intramolecular Hbond substituents is 1. The lowest BCUT2D eigenvalue weighted by Crippen LogP contribution is -2.33. The molecule has 0 saturated heterocycles. The summed E-state index contributed by atoms with van der Waals surface area (Å²) >= 11 is 0. The van der Waals surface area contributed by atoms with E-state index in [1.165, 1.54) is 12.1 Å². The molecular formula is C15H20FNO4. The van der Waals surface area contributed by atoms with Crippen LogP contribution < -0.4 is 5.32 Å². The van der Waals surface area contributed by atoms with Gasteiger partial charge in [0.15, 0.2) is 0 Å². The summed E-state index contributed by atoms with van der Waals surface area (Å²) in [5, 5.41) is 20.9. The van der Waals surface area contributed by atoms with Crippen LogP contribution in [0.3, 0.4) is 0 Å². The van der Waals surface area contributed by atoms with Crippen molar-refractivity contribution in [2.75, 3.05) is 0 Å². The molecule has 0 saturated carbocycles. The fourth-order valence-corrected chi connectivity index (χ4v) is 1.96. The molecule has 3 N–H and O–H groups in total. The maximum atomic E-state index is 13.5. The van der Waals surface area contributed by atoms with Crippen molar-refractivity contribution in [3.63, 3.8) is 0 Å². The lowest BCUT2D eigenvalue weighted by molar-refractivity contribution is -0.141. The van der Waals surface area contributed by atoms with E-state index in [0.717, 1.165) is 6.07 Å². The van der Waals surface area contributed by atoms with Crippen LogP contribution in [0.5, 0.6) is 5.75 Å². The van der Waals surface area contributed by atoms with Gasteiger partial charge in [-0.15, -0.1) is 0 Å². The van der Waals surface area contributed by atoms with E-state index >= 15 is 0 Å². The molecule has 6 heteroatoms. The highest BCUT2D eigenvalue weighted by Crippen LogP contribution is 2.20. The van der Waals surface area contributed by atoms with E-state index in [9.17, 15) is 19.1 Å². The van der Waals surface area contributed by atoms with Crippen LogP contribution in [0, 0.1) is 11.7 Å². The number of carbonyl (C=O) groups excluding carboxylic acids is 1. The molecule has 2 atom stereocenters. The molecule has 0 heterocycles. The van der Waals surface area contributed by atoms with Crippen molar-refractivity contribution >= 4 is 11.9 Å². The molecule has 1 rings (SSSR count). The van der Waals surface area contributed by atoms with Gasteiger partial charge in [-0.1, -0.05) is 19.4 Å². The Hall–Kier alpha value is -2.11. The summed E-state index contributed by atoms with van der Waals surface area (Å²) in [6.07, 6.45) is 1.73. The second-order valence-electron chi connectivity index (χ2n) is 5.18. The normalized spacial score (nSPS) is 13.5. The molecule has 0 aliphatic carbocycles. The van der Waals surface area contributed by atoms with Crippen LogP contribution in [-0.4, -0.2) is 28.1 Å². The number of benzene rings is 1. The number of halogens is 1. The van der Waals surface area contributed by atoms with Crippen molar-refractivity contribution < 1.29 is 24.2 Å². The van der Waals surface area contributed by atoms with Crippen LogP contribution in [0.2, 0.25) is 0 Å². The van der Waals surface area contributed by atoms with Gasteiger partial charge in [0.1, 0.15) is 17.1 Å². The zero-order chi connectivity index (χ0) is 16.0. The molecular weight excluding hydrogens is 277 g/mol. The molecule has 0 spiro atoms. The second kappa shape index (κ2) is 7.61. The second-order valence-corrected chi connectivity index (χ2v) is 5.18. The molecule has 0 aromatic heterocycles. The van der Waals surface area contributed by atoms with Crippen molar-refractivity contribution in [1.82, 2.24) is 5.32 Å². The molecule has 0 bridgehead atoms. The van der Waals surface area contributed by atoms with Gasteiger partial charge in [-0.05, 0) is 31.9 Å². The Morgan fingerprint density at radius 1 is 1.29 bits per heavy atom. The van der Waals surface area contributed by atoms with Crippen LogP contribution >= 0.6 is 0 Å². The first-order valence-electron chi connectivity index (χ1n) is 6.84. The number of carboxylic acid groups (broad SMARTS) is 1. The van der Waals surface area contributed by atoms with Gasteiger partial charge in [0.2, 0.25) is 0 Å². The van der Waals surface area contributed by atoms with Crippen molar-refractivity contribution in [2.24, 2.45) is 5.92 Å². The molecule has 116 valence electrons. The maximum Gasteiger partial charge on any atom is 0.306 e. The quantitative estimate of drug-likeness (QED) is 0.722. The molecule has 1 aromatic carbocycles.